The van der Waals surface area contributed by atoms with E-state index in [0.717, 1.165) is 48.8 Å². The maximum Gasteiger partial charge on any atom is 0.163 e. The maximum absolute atomic E-state index is 6.45. The van der Waals surface area contributed by atoms with Crippen molar-refractivity contribution >= 4 is 27.5 Å². The van der Waals surface area contributed by atoms with E-state index in [2.05, 4.69) is 69.8 Å². The molecule has 39 heavy (non-hydrogen) atoms. The van der Waals surface area contributed by atoms with Crippen LogP contribution in [-0.4, -0.2) is 75.4 Å². The molecule has 2 aromatic heterocycles. The first-order valence-electron chi connectivity index (χ1n) is 14.3. The highest BCUT2D eigenvalue weighted by Crippen LogP contribution is 2.55. The SMILES string of the molecule is C=C[C@@]1(C)C[C@@H](c2ccc3c(N(COCC[Si](C)(C)C)COCC[Si](C)(C)C)ncnn23)[C@@H]2OC(C)(C)O[C@@H]21. The summed E-state index contributed by atoms with van der Waals surface area (Å²) in [5, 5.41) is 4.70. The highest BCUT2D eigenvalue weighted by atomic mass is 28.3. The summed E-state index contributed by atoms with van der Waals surface area (Å²) >= 11 is 0. The number of anilines is 1. The van der Waals surface area contributed by atoms with Crippen molar-refractivity contribution in [2.75, 3.05) is 31.6 Å². The van der Waals surface area contributed by atoms with E-state index in [1.807, 2.05) is 24.4 Å². The van der Waals surface area contributed by atoms with E-state index in [4.69, 9.17) is 29.0 Å². The Morgan fingerprint density at radius 1 is 1.03 bits per heavy atom. The van der Waals surface area contributed by atoms with Crippen LogP contribution in [0.3, 0.4) is 0 Å². The largest absolute Gasteiger partial charge is 0.361 e. The molecule has 4 atom stereocenters. The smallest absolute Gasteiger partial charge is 0.163 e. The molecule has 2 aliphatic rings. The fourth-order valence-electron chi connectivity index (χ4n) is 5.50. The predicted octanol–water partition coefficient (Wildman–Crippen LogP) is 6.36. The van der Waals surface area contributed by atoms with Gasteiger partial charge in [-0.25, -0.2) is 9.50 Å². The Morgan fingerprint density at radius 2 is 1.64 bits per heavy atom. The van der Waals surface area contributed by atoms with Crippen molar-refractivity contribution in [1.82, 2.24) is 14.6 Å². The van der Waals surface area contributed by atoms with Crippen molar-refractivity contribution < 1.29 is 18.9 Å². The van der Waals surface area contributed by atoms with E-state index in [1.54, 1.807) is 6.33 Å². The molecule has 0 unspecified atom stereocenters. The third-order valence-electron chi connectivity index (χ3n) is 7.93. The highest BCUT2D eigenvalue weighted by Gasteiger charge is 2.59. The molecule has 1 saturated carbocycles. The van der Waals surface area contributed by atoms with Gasteiger partial charge in [0.05, 0.1) is 12.2 Å². The average Bonchev–Trinajstić information content (AvgIpc) is 3.47. The summed E-state index contributed by atoms with van der Waals surface area (Å²) in [7, 11) is -2.36. The van der Waals surface area contributed by atoms with Crippen LogP contribution in [0.1, 0.15) is 38.8 Å². The molecule has 0 radical (unpaired) electrons. The Morgan fingerprint density at radius 3 is 2.21 bits per heavy atom. The van der Waals surface area contributed by atoms with Crippen LogP contribution < -0.4 is 4.90 Å². The van der Waals surface area contributed by atoms with Crippen LogP contribution in [-0.2, 0) is 18.9 Å². The van der Waals surface area contributed by atoms with Crippen LogP contribution in [0.25, 0.3) is 5.52 Å². The predicted molar refractivity (Wildman–Crippen MR) is 163 cm³/mol. The Labute approximate surface area is 237 Å². The van der Waals surface area contributed by atoms with E-state index in [0.29, 0.717) is 13.5 Å². The van der Waals surface area contributed by atoms with Gasteiger partial charge in [0.1, 0.15) is 25.3 Å². The Hall–Kier alpha value is -1.57. The molecule has 2 fully saturated rings. The maximum atomic E-state index is 6.45. The number of nitrogens with zero attached hydrogens (tertiary/aromatic N) is 4. The summed E-state index contributed by atoms with van der Waals surface area (Å²) in [4.78, 5) is 6.81. The zero-order chi connectivity index (χ0) is 28.6. The van der Waals surface area contributed by atoms with Gasteiger partial charge in [0.25, 0.3) is 0 Å². The van der Waals surface area contributed by atoms with Crippen molar-refractivity contribution in [2.24, 2.45) is 5.41 Å². The lowest BCUT2D eigenvalue weighted by Gasteiger charge is -2.28. The van der Waals surface area contributed by atoms with Gasteiger partial charge in [-0.1, -0.05) is 52.3 Å². The second-order valence-electron chi connectivity index (χ2n) is 14.4. The molecule has 0 spiro atoms. The first-order chi connectivity index (χ1) is 18.1. The van der Waals surface area contributed by atoms with Gasteiger partial charge < -0.3 is 23.8 Å². The van der Waals surface area contributed by atoms with Crippen molar-refractivity contribution in [3.05, 3.63) is 36.8 Å². The number of rotatable bonds is 13. The third-order valence-corrected chi connectivity index (χ3v) is 11.3. The lowest BCUT2D eigenvalue weighted by atomic mass is 9.85. The summed E-state index contributed by atoms with van der Waals surface area (Å²) in [5.41, 5.74) is 1.87. The molecule has 2 aromatic rings. The van der Waals surface area contributed by atoms with Gasteiger partial charge in [0.2, 0.25) is 0 Å². The van der Waals surface area contributed by atoms with Gasteiger partial charge in [0.15, 0.2) is 11.6 Å². The molecule has 4 rings (SSSR count). The van der Waals surface area contributed by atoms with E-state index in [-0.39, 0.29) is 23.5 Å². The number of fused-ring (bicyclic) bond motifs is 2. The summed E-state index contributed by atoms with van der Waals surface area (Å²) in [5.74, 6) is 0.324. The quantitative estimate of drug-likeness (QED) is 0.119. The van der Waals surface area contributed by atoms with Crippen molar-refractivity contribution in [1.29, 1.82) is 0 Å². The number of aromatic nitrogens is 3. The first-order valence-corrected chi connectivity index (χ1v) is 21.8. The number of ether oxygens (including phenoxy) is 4. The second-order valence-corrected chi connectivity index (χ2v) is 25.7. The molecule has 1 aliphatic carbocycles. The van der Waals surface area contributed by atoms with Gasteiger partial charge in [-0.3, -0.25) is 0 Å². The fourth-order valence-corrected chi connectivity index (χ4v) is 7.02. The van der Waals surface area contributed by atoms with Gasteiger partial charge in [-0.2, -0.15) is 5.10 Å². The van der Waals surface area contributed by atoms with Gasteiger partial charge >= 0.3 is 0 Å². The molecule has 0 aromatic carbocycles. The van der Waals surface area contributed by atoms with Crippen LogP contribution >= 0.6 is 0 Å². The van der Waals surface area contributed by atoms with Crippen LogP contribution in [0.5, 0.6) is 0 Å². The van der Waals surface area contributed by atoms with Crippen LogP contribution in [0, 0.1) is 5.41 Å². The van der Waals surface area contributed by atoms with E-state index in [1.165, 1.54) is 0 Å². The topological polar surface area (TPSA) is 70.4 Å². The Bertz CT molecular complexity index is 1120. The molecule has 1 saturated heterocycles. The van der Waals surface area contributed by atoms with Gasteiger partial charge in [-0.15, -0.1) is 6.58 Å². The summed E-state index contributed by atoms with van der Waals surface area (Å²) in [6.07, 6.45) is 4.45. The molecule has 1 aliphatic heterocycles. The molecule has 0 amide bonds. The van der Waals surface area contributed by atoms with Crippen molar-refractivity contribution in [3.8, 4) is 0 Å². The Balaban J connectivity index is 1.59. The highest BCUT2D eigenvalue weighted by molar-refractivity contribution is 6.76. The van der Waals surface area contributed by atoms with Crippen molar-refractivity contribution in [3.63, 3.8) is 0 Å². The van der Waals surface area contributed by atoms with E-state index < -0.39 is 21.9 Å². The molecular formula is C29H50N4O4Si2. The molecule has 3 heterocycles. The molecular weight excluding hydrogens is 525 g/mol. The van der Waals surface area contributed by atoms with E-state index in [9.17, 15) is 0 Å². The number of hydrogen-bond acceptors (Lipinski definition) is 7. The standard InChI is InChI=1S/C29H50N4O4Si2/c1-11-29(4)18-22(25-26(29)37-28(2,3)36-25)23-12-13-24-27(30-19-31-33(23)24)32(20-34-14-16-38(5,6)7)21-35-15-17-39(8,9)10/h11-13,19,22,25-26H,1,14-18,20-21H2,2-10H3/t22-,25-,26-,29-/m0/s1. The summed E-state index contributed by atoms with van der Waals surface area (Å²) < 4.78 is 27.2. The first kappa shape index (κ1) is 30.4. The van der Waals surface area contributed by atoms with Crippen LogP contribution in [0.4, 0.5) is 5.82 Å². The van der Waals surface area contributed by atoms with Gasteiger partial charge in [-0.05, 0) is 44.5 Å². The minimum Gasteiger partial charge on any atom is -0.361 e. The lowest BCUT2D eigenvalue weighted by molar-refractivity contribution is -0.162. The zero-order valence-corrected chi connectivity index (χ0v) is 27.6. The monoisotopic (exact) mass is 574 g/mol. The Kier molecular flexibility index (Phi) is 8.86. The molecule has 8 nitrogen and oxygen atoms in total. The van der Waals surface area contributed by atoms with Crippen molar-refractivity contribution in [2.45, 2.75) is 102 Å². The summed E-state index contributed by atoms with van der Waals surface area (Å²) in [6.45, 7) is 26.9. The molecule has 0 N–H and O–H groups in total. The summed E-state index contributed by atoms with van der Waals surface area (Å²) in [6, 6.07) is 6.52. The van der Waals surface area contributed by atoms with E-state index >= 15 is 0 Å². The van der Waals surface area contributed by atoms with Gasteiger partial charge in [0, 0.05) is 46.4 Å². The zero-order valence-electron chi connectivity index (χ0n) is 25.6. The molecule has 0 bridgehead atoms. The van der Waals surface area contributed by atoms with Crippen LogP contribution in [0.2, 0.25) is 51.4 Å². The fraction of sp³-hybridized carbons (Fsp3) is 0.724. The lowest BCUT2D eigenvalue weighted by Crippen LogP contribution is -2.33. The minimum atomic E-state index is -1.18. The molecule has 218 valence electrons. The minimum absolute atomic E-state index is 0.0436. The number of hydrogen-bond donors (Lipinski definition) is 0. The normalized spacial score (nSPS) is 26.7. The second kappa shape index (κ2) is 11.4. The molecule has 10 heteroatoms. The third kappa shape index (κ3) is 7.20. The van der Waals surface area contributed by atoms with Crippen LogP contribution in [0.15, 0.2) is 31.1 Å². The average molecular weight is 575 g/mol.